The van der Waals surface area contributed by atoms with Crippen molar-refractivity contribution in [1.29, 1.82) is 0 Å². The van der Waals surface area contributed by atoms with Gasteiger partial charge < -0.3 is 36.9 Å². The Balaban J connectivity index is 2.86. The van der Waals surface area contributed by atoms with Crippen molar-refractivity contribution in [1.82, 2.24) is 25.9 Å². The number of hydrogen-bond donors (Lipinski definition) is 7. The molecule has 14 heteroatoms. The number of hydrogen-bond acceptors (Lipinski definition) is 8. The molecule has 1 rings (SSSR count). The number of imidazole rings is 1. The van der Waals surface area contributed by atoms with Gasteiger partial charge in [0, 0.05) is 18.3 Å². The second-order valence-electron chi connectivity index (χ2n) is 6.96. The van der Waals surface area contributed by atoms with E-state index in [9.17, 15) is 24.0 Å². The average molecular weight is 473 g/mol. The third-order valence-corrected chi connectivity index (χ3v) is 4.96. The molecule has 1 aromatic heterocycles. The summed E-state index contributed by atoms with van der Waals surface area (Å²) in [7, 11) is 0. The number of carbonyl (C=O) groups excluding carboxylic acids is 3. The van der Waals surface area contributed by atoms with Crippen LogP contribution in [0.4, 0.5) is 0 Å². The van der Waals surface area contributed by atoms with E-state index in [0.29, 0.717) is 11.4 Å². The van der Waals surface area contributed by atoms with Crippen molar-refractivity contribution in [3.63, 3.8) is 0 Å². The minimum Gasteiger partial charge on any atom is -0.481 e. The van der Waals surface area contributed by atoms with Crippen LogP contribution in [0.25, 0.3) is 0 Å². The van der Waals surface area contributed by atoms with Crippen LogP contribution in [-0.4, -0.2) is 86.0 Å². The zero-order valence-corrected chi connectivity index (χ0v) is 18.5. The molecule has 0 saturated carbocycles. The first-order valence-electron chi connectivity index (χ1n) is 9.62. The van der Waals surface area contributed by atoms with Crippen molar-refractivity contribution >= 4 is 41.4 Å². The van der Waals surface area contributed by atoms with E-state index in [-0.39, 0.29) is 12.8 Å². The lowest BCUT2D eigenvalue weighted by molar-refractivity contribution is -0.143. The van der Waals surface area contributed by atoms with E-state index < -0.39 is 60.2 Å². The van der Waals surface area contributed by atoms with E-state index in [1.54, 1.807) is 6.26 Å². The van der Waals surface area contributed by atoms with Crippen LogP contribution in [0.5, 0.6) is 0 Å². The van der Waals surface area contributed by atoms with Crippen LogP contribution in [0.2, 0.25) is 0 Å². The molecule has 0 saturated heterocycles. The zero-order chi connectivity index (χ0) is 24.3. The number of amides is 3. The third-order valence-electron chi connectivity index (χ3n) is 4.32. The van der Waals surface area contributed by atoms with Gasteiger partial charge in [-0.3, -0.25) is 24.0 Å². The van der Waals surface area contributed by atoms with Gasteiger partial charge in [-0.1, -0.05) is 0 Å². The maximum absolute atomic E-state index is 12.8. The summed E-state index contributed by atoms with van der Waals surface area (Å²) in [5.74, 6) is -4.58. The smallest absolute Gasteiger partial charge is 0.325 e. The van der Waals surface area contributed by atoms with Crippen LogP contribution in [0, 0.1) is 0 Å². The highest BCUT2D eigenvalue weighted by atomic mass is 32.2. The molecule has 0 aliphatic carbocycles. The molecule has 32 heavy (non-hydrogen) atoms. The Morgan fingerprint density at radius 3 is 2.25 bits per heavy atom. The van der Waals surface area contributed by atoms with Crippen molar-refractivity contribution in [3.8, 4) is 0 Å². The second kappa shape index (κ2) is 13.3. The largest absolute Gasteiger partial charge is 0.481 e. The minimum absolute atomic E-state index is 0.153. The molecule has 0 spiro atoms. The summed E-state index contributed by atoms with van der Waals surface area (Å²) in [6.45, 7) is 1.20. The van der Waals surface area contributed by atoms with Crippen LogP contribution in [0.15, 0.2) is 12.5 Å². The van der Waals surface area contributed by atoms with Crippen LogP contribution in [0.1, 0.15) is 25.5 Å². The standard InChI is InChI=1S/C18H28N6O7S/c1-9(18(30)31)22-17(29)13(6-14(25)26)24-16(28)12(3-4-32-2)23-15(27)11(19)5-10-7-20-8-21-10/h7-9,11-13H,3-6,19H2,1-2H3,(H,20,21)(H,22,29)(H,23,27)(H,24,28)(H,25,26)(H,30,31). The molecule has 3 amide bonds. The Bertz CT molecular complexity index is 804. The first-order chi connectivity index (χ1) is 15.0. The summed E-state index contributed by atoms with van der Waals surface area (Å²) in [6.07, 6.45) is 4.33. The van der Waals surface area contributed by atoms with Crippen molar-refractivity contribution in [3.05, 3.63) is 18.2 Å². The second-order valence-corrected chi connectivity index (χ2v) is 7.94. The third kappa shape index (κ3) is 9.34. The number of aromatic nitrogens is 2. The molecule has 4 unspecified atom stereocenters. The molecule has 13 nitrogen and oxygen atoms in total. The number of aromatic amines is 1. The number of nitrogens with one attached hydrogen (secondary N) is 4. The van der Waals surface area contributed by atoms with Gasteiger partial charge in [0.15, 0.2) is 0 Å². The van der Waals surface area contributed by atoms with Crippen molar-refractivity contribution in [2.75, 3.05) is 12.0 Å². The van der Waals surface area contributed by atoms with E-state index >= 15 is 0 Å². The number of carbonyl (C=O) groups is 5. The first-order valence-corrected chi connectivity index (χ1v) is 11.0. The van der Waals surface area contributed by atoms with E-state index in [1.807, 2.05) is 0 Å². The van der Waals surface area contributed by atoms with Gasteiger partial charge in [-0.05, 0) is 25.4 Å². The van der Waals surface area contributed by atoms with Crippen LogP contribution in [-0.2, 0) is 30.4 Å². The quantitative estimate of drug-likeness (QED) is 0.159. The van der Waals surface area contributed by atoms with Gasteiger partial charge in [0.25, 0.3) is 0 Å². The summed E-state index contributed by atoms with van der Waals surface area (Å²) in [4.78, 5) is 66.3. The molecule has 0 aliphatic heterocycles. The number of H-pyrrole nitrogens is 1. The van der Waals surface area contributed by atoms with E-state index in [2.05, 4.69) is 25.9 Å². The molecule has 0 radical (unpaired) electrons. The molecule has 1 aromatic rings. The number of thioether (sulfide) groups is 1. The number of aliphatic carboxylic acids is 2. The summed E-state index contributed by atoms with van der Waals surface area (Å²) >= 11 is 1.42. The SMILES string of the molecule is CSCCC(NC(=O)C(N)Cc1cnc[nH]1)C(=O)NC(CC(=O)O)C(=O)NC(C)C(=O)O. The van der Waals surface area contributed by atoms with Crippen LogP contribution < -0.4 is 21.7 Å². The molecular formula is C18H28N6O7S. The highest BCUT2D eigenvalue weighted by Gasteiger charge is 2.30. The predicted octanol–water partition coefficient (Wildman–Crippen LogP) is -1.93. The van der Waals surface area contributed by atoms with Crippen LogP contribution in [0.3, 0.4) is 0 Å². The number of carboxylic acids is 2. The maximum Gasteiger partial charge on any atom is 0.325 e. The van der Waals surface area contributed by atoms with Crippen molar-refractivity contribution in [2.45, 2.75) is 50.4 Å². The highest BCUT2D eigenvalue weighted by Crippen LogP contribution is 2.05. The molecular weight excluding hydrogens is 444 g/mol. The summed E-state index contributed by atoms with van der Waals surface area (Å²) in [5, 5.41) is 24.9. The lowest BCUT2D eigenvalue weighted by Crippen LogP contribution is -2.57. The number of rotatable bonds is 14. The zero-order valence-electron chi connectivity index (χ0n) is 17.7. The number of nitrogens with zero attached hydrogens (tertiary/aromatic N) is 1. The fourth-order valence-corrected chi connectivity index (χ4v) is 3.01. The Kier molecular flexibility index (Phi) is 11.2. The van der Waals surface area contributed by atoms with Crippen LogP contribution >= 0.6 is 11.8 Å². The van der Waals surface area contributed by atoms with Gasteiger partial charge in [0.05, 0.1) is 18.8 Å². The molecule has 178 valence electrons. The van der Waals surface area contributed by atoms with Gasteiger partial charge in [-0.2, -0.15) is 11.8 Å². The van der Waals surface area contributed by atoms with Gasteiger partial charge in [0.2, 0.25) is 17.7 Å². The van der Waals surface area contributed by atoms with E-state index in [4.69, 9.17) is 15.9 Å². The molecule has 0 fully saturated rings. The topological polar surface area (TPSA) is 217 Å². The first kappa shape index (κ1) is 26.9. The molecule has 8 N–H and O–H groups in total. The Labute approximate surface area is 188 Å². The maximum atomic E-state index is 12.8. The Hall–Kier alpha value is -3.13. The summed E-state index contributed by atoms with van der Waals surface area (Å²) in [6, 6.07) is -4.88. The van der Waals surface area contributed by atoms with E-state index in [1.165, 1.54) is 31.2 Å². The van der Waals surface area contributed by atoms with Gasteiger partial charge >= 0.3 is 11.9 Å². The van der Waals surface area contributed by atoms with Crippen molar-refractivity contribution in [2.24, 2.45) is 5.73 Å². The fourth-order valence-electron chi connectivity index (χ4n) is 2.54. The minimum atomic E-state index is -1.53. The normalized spacial score (nSPS) is 14.5. The summed E-state index contributed by atoms with van der Waals surface area (Å²) < 4.78 is 0. The summed E-state index contributed by atoms with van der Waals surface area (Å²) in [5.41, 5.74) is 6.52. The molecule has 0 aliphatic rings. The molecule has 1 heterocycles. The average Bonchev–Trinajstić information content (AvgIpc) is 3.22. The van der Waals surface area contributed by atoms with Crippen molar-refractivity contribution < 1.29 is 34.2 Å². The number of nitrogens with two attached hydrogens (primary N) is 1. The van der Waals surface area contributed by atoms with Gasteiger partial charge in [-0.25, -0.2) is 4.98 Å². The van der Waals surface area contributed by atoms with Gasteiger partial charge in [-0.15, -0.1) is 0 Å². The monoisotopic (exact) mass is 472 g/mol. The Morgan fingerprint density at radius 2 is 1.72 bits per heavy atom. The fraction of sp³-hybridized carbons (Fsp3) is 0.556. The number of carboxylic acid groups (broad SMARTS) is 2. The van der Waals surface area contributed by atoms with Gasteiger partial charge in [0.1, 0.15) is 18.1 Å². The lowest BCUT2D eigenvalue weighted by atomic mass is 10.1. The predicted molar refractivity (Wildman–Crippen MR) is 115 cm³/mol. The lowest BCUT2D eigenvalue weighted by Gasteiger charge is -2.24. The highest BCUT2D eigenvalue weighted by molar-refractivity contribution is 7.98. The van der Waals surface area contributed by atoms with E-state index in [0.717, 1.165) is 0 Å². The Morgan fingerprint density at radius 1 is 1.09 bits per heavy atom. The molecule has 0 bridgehead atoms. The molecule has 4 atom stereocenters. The molecule has 0 aromatic carbocycles.